The van der Waals surface area contributed by atoms with Gasteiger partial charge in [0.25, 0.3) is 11.4 Å². The average Bonchev–Trinajstić information content (AvgIpc) is 0.811. The summed E-state index contributed by atoms with van der Waals surface area (Å²) in [5.41, 5.74) is 0. The molecule has 0 spiro atoms. The summed E-state index contributed by atoms with van der Waals surface area (Å²) in [6.07, 6.45) is 0. The third-order valence-electron chi connectivity index (χ3n) is 0. The number of hydrogen-bond acceptors (Lipinski definition) is 1. The fraction of sp³-hybridized carbons (Fsp3) is 0. The Balaban J connectivity index is 0. The van der Waals surface area contributed by atoms with Gasteiger partial charge in [-0.2, -0.15) is 4.21 Å². The summed E-state index contributed by atoms with van der Waals surface area (Å²) in [5, 5.41) is 0. The van der Waals surface area contributed by atoms with Crippen LogP contribution in [0.4, 0.5) is 0 Å². The van der Waals surface area contributed by atoms with Crippen molar-refractivity contribution in [3.05, 3.63) is 0 Å². The van der Waals surface area contributed by atoms with Crippen molar-refractivity contribution >= 4 is 11.4 Å². The van der Waals surface area contributed by atoms with Gasteiger partial charge in [-0.15, -0.1) is 0 Å². The molecular formula is H2O3STh. The third kappa shape index (κ3) is 32.0. The van der Waals surface area contributed by atoms with Gasteiger partial charge in [-0.05, 0) is 0 Å². The molecule has 0 bridgehead atoms. The maximum atomic E-state index is 8.67. The molecule has 0 atom stereocenters. The summed E-state index contributed by atoms with van der Waals surface area (Å²) in [6.45, 7) is 0. The van der Waals surface area contributed by atoms with Crippen molar-refractivity contribution < 1.29 is 53.3 Å². The first-order valence-corrected chi connectivity index (χ1v) is 1.60. The van der Waals surface area contributed by atoms with E-state index in [9.17, 15) is 0 Å². The van der Waals surface area contributed by atoms with Crippen molar-refractivity contribution in [3.63, 3.8) is 0 Å². The maximum absolute atomic E-state index is 8.67. The normalized spacial score (nSPS) is 7.00. The molecule has 0 aromatic heterocycles. The summed E-state index contributed by atoms with van der Waals surface area (Å²) < 4.78 is 22.8. The van der Waals surface area contributed by atoms with Crippen LogP contribution in [0, 0.1) is 39.9 Å². The molecule has 0 aromatic rings. The van der Waals surface area contributed by atoms with Crippen molar-refractivity contribution in [3.8, 4) is 0 Å². The fourth-order valence-corrected chi connectivity index (χ4v) is 0. The Bertz CT molecular complexity index is 29.9. The van der Waals surface area contributed by atoms with Gasteiger partial charge in [-0.25, -0.2) is 0 Å². The molecule has 0 aromatic carbocycles. The van der Waals surface area contributed by atoms with E-state index in [-0.39, 0.29) is 39.9 Å². The predicted octanol–water partition coefficient (Wildman–Crippen LogP) is -0.319. The standard InChI is InChI=1S/H2O3S.Th/c1-4(2)3;/h(H2,1,2,3);. The van der Waals surface area contributed by atoms with Crippen LogP contribution in [0.15, 0.2) is 0 Å². The summed E-state index contributed by atoms with van der Waals surface area (Å²) >= 11 is -2.61. The smallest absolute Gasteiger partial charge is 0.284 e. The summed E-state index contributed by atoms with van der Waals surface area (Å²) in [6, 6.07) is 0. The van der Waals surface area contributed by atoms with E-state index in [0.29, 0.717) is 0 Å². The van der Waals surface area contributed by atoms with Crippen LogP contribution in [0.3, 0.4) is 0 Å². The van der Waals surface area contributed by atoms with E-state index in [1.165, 1.54) is 0 Å². The summed E-state index contributed by atoms with van der Waals surface area (Å²) in [7, 11) is 0. The van der Waals surface area contributed by atoms with Gasteiger partial charge < -0.3 is 0 Å². The molecule has 5 heavy (non-hydrogen) atoms. The van der Waals surface area contributed by atoms with E-state index in [1.807, 2.05) is 0 Å². The predicted molar refractivity (Wildman–Crippen MR) is 13.4 cm³/mol. The van der Waals surface area contributed by atoms with Gasteiger partial charge in [0.05, 0.1) is 0 Å². The molecule has 0 amide bonds. The van der Waals surface area contributed by atoms with E-state index in [2.05, 4.69) is 0 Å². The molecule has 30 valence electrons. The molecule has 0 rings (SSSR count). The van der Waals surface area contributed by atoms with Crippen molar-refractivity contribution in [2.75, 3.05) is 0 Å². The zero-order valence-electron chi connectivity index (χ0n) is 2.21. The quantitative estimate of drug-likeness (QED) is 0.603. The largest absolute Gasteiger partial charge is 0.299 e. The van der Waals surface area contributed by atoms with Gasteiger partial charge in [-0.3, -0.25) is 9.11 Å². The van der Waals surface area contributed by atoms with Crippen LogP contribution >= 0.6 is 0 Å². The Morgan fingerprint density at radius 1 is 1.40 bits per heavy atom. The molecule has 2 N–H and O–H groups in total. The zero-order chi connectivity index (χ0) is 3.58. The molecule has 0 aliphatic rings. The maximum Gasteiger partial charge on any atom is 0.299 e. The van der Waals surface area contributed by atoms with Crippen LogP contribution in [0.25, 0.3) is 0 Å². The summed E-state index contributed by atoms with van der Waals surface area (Å²) in [4.78, 5) is 0. The van der Waals surface area contributed by atoms with Crippen molar-refractivity contribution in [1.29, 1.82) is 0 Å². The van der Waals surface area contributed by atoms with E-state index in [1.54, 1.807) is 0 Å². The molecular weight excluding hydrogens is 312 g/mol. The molecule has 3 nitrogen and oxygen atoms in total. The second kappa shape index (κ2) is 5.39. The van der Waals surface area contributed by atoms with Crippen LogP contribution < -0.4 is 0 Å². The second-order valence-electron chi connectivity index (χ2n) is 0.231. The molecule has 0 heterocycles. The van der Waals surface area contributed by atoms with Gasteiger partial charge in [0.15, 0.2) is 0 Å². The molecule has 0 radical (unpaired) electrons. The van der Waals surface area contributed by atoms with Crippen molar-refractivity contribution in [1.82, 2.24) is 0 Å². The second-order valence-corrected chi connectivity index (χ2v) is 0.692. The van der Waals surface area contributed by atoms with Crippen LogP contribution in [0.5, 0.6) is 0 Å². The Kier molecular flexibility index (Phi) is 10.4. The van der Waals surface area contributed by atoms with Gasteiger partial charge in [-0.1, -0.05) is 0 Å². The van der Waals surface area contributed by atoms with Gasteiger partial charge in [0.1, 0.15) is 0 Å². The topological polar surface area (TPSA) is 57.5 Å². The molecule has 0 saturated heterocycles. The fourth-order valence-electron chi connectivity index (χ4n) is 0. The van der Waals surface area contributed by atoms with E-state index >= 15 is 0 Å². The first kappa shape index (κ1) is 9.64. The number of hydrogen-bond donors (Lipinski definition) is 2. The van der Waals surface area contributed by atoms with Gasteiger partial charge >= 0.3 is 0 Å². The third-order valence-corrected chi connectivity index (χ3v) is 0. The Labute approximate surface area is 63.9 Å². The average molecular weight is 314 g/mol. The molecule has 0 unspecified atom stereocenters. The minimum absolute atomic E-state index is 0. The SMILES string of the molecule is O=S(O)O.[Th]. The molecule has 0 fully saturated rings. The molecule has 5 heteroatoms. The molecule has 0 aliphatic carbocycles. The Morgan fingerprint density at radius 3 is 1.40 bits per heavy atom. The number of rotatable bonds is 0. The van der Waals surface area contributed by atoms with Gasteiger partial charge in [0.2, 0.25) is 0 Å². The van der Waals surface area contributed by atoms with Crippen LogP contribution in [0.2, 0.25) is 0 Å². The minimum Gasteiger partial charge on any atom is -0.284 e. The Morgan fingerprint density at radius 2 is 1.40 bits per heavy atom. The van der Waals surface area contributed by atoms with Crippen molar-refractivity contribution in [2.45, 2.75) is 0 Å². The van der Waals surface area contributed by atoms with Gasteiger partial charge in [0, 0.05) is 39.9 Å². The van der Waals surface area contributed by atoms with Crippen LogP contribution in [-0.4, -0.2) is 13.3 Å². The van der Waals surface area contributed by atoms with E-state index in [4.69, 9.17) is 13.3 Å². The summed E-state index contributed by atoms with van der Waals surface area (Å²) in [5.74, 6) is 0. The first-order valence-electron chi connectivity index (χ1n) is 0.532. The molecule has 0 saturated carbocycles. The van der Waals surface area contributed by atoms with Crippen LogP contribution in [0.1, 0.15) is 0 Å². The van der Waals surface area contributed by atoms with Crippen molar-refractivity contribution in [2.24, 2.45) is 0 Å². The monoisotopic (exact) mass is 314 g/mol. The first-order chi connectivity index (χ1) is 1.73. The molecule has 0 aliphatic heterocycles. The van der Waals surface area contributed by atoms with E-state index < -0.39 is 11.4 Å². The zero-order valence-corrected chi connectivity index (χ0v) is 7.14. The minimum atomic E-state index is -2.61. The van der Waals surface area contributed by atoms with E-state index in [0.717, 1.165) is 0 Å². The Hall–Kier alpha value is 1.39. The van der Waals surface area contributed by atoms with Crippen LogP contribution in [-0.2, 0) is 11.4 Å².